The van der Waals surface area contributed by atoms with Crippen molar-refractivity contribution in [1.29, 1.82) is 0 Å². The van der Waals surface area contributed by atoms with E-state index in [-0.39, 0.29) is 5.91 Å². The molecule has 0 aliphatic carbocycles. The summed E-state index contributed by atoms with van der Waals surface area (Å²) >= 11 is 0. The Bertz CT molecular complexity index is 399. The van der Waals surface area contributed by atoms with Crippen molar-refractivity contribution in [1.82, 2.24) is 4.90 Å². The summed E-state index contributed by atoms with van der Waals surface area (Å²) in [5.41, 5.74) is 1.84. The first kappa shape index (κ1) is 12.9. The Balaban J connectivity index is 2.05. The van der Waals surface area contributed by atoms with Gasteiger partial charge in [-0.15, -0.1) is 0 Å². The van der Waals surface area contributed by atoms with Crippen molar-refractivity contribution in [2.45, 2.75) is 26.2 Å². The minimum atomic E-state index is 0.177. The van der Waals surface area contributed by atoms with E-state index in [0.717, 1.165) is 30.8 Å². The zero-order chi connectivity index (χ0) is 13.0. The zero-order valence-electron chi connectivity index (χ0n) is 11.3. The molecule has 1 saturated heterocycles. The van der Waals surface area contributed by atoms with Crippen molar-refractivity contribution >= 4 is 11.6 Å². The van der Waals surface area contributed by atoms with Crippen LogP contribution in [-0.4, -0.2) is 30.9 Å². The van der Waals surface area contributed by atoms with Crippen LogP contribution in [0.2, 0.25) is 0 Å². The quantitative estimate of drug-likeness (QED) is 0.889. The highest BCUT2D eigenvalue weighted by Crippen LogP contribution is 2.21. The summed E-state index contributed by atoms with van der Waals surface area (Å²) in [4.78, 5) is 14.4. The second kappa shape index (κ2) is 5.89. The summed E-state index contributed by atoms with van der Waals surface area (Å²) < 4.78 is 0. The molecular weight excluding hydrogens is 224 g/mol. The second-order valence-corrected chi connectivity index (χ2v) is 5.00. The van der Waals surface area contributed by atoms with Gasteiger partial charge in [-0.25, -0.2) is 0 Å². The van der Waals surface area contributed by atoms with Gasteiger partial charge in [-0.3, -0.25) is 4.79 Å². The van der Waals surface area contributed by atoms with Crippen molar-refractivity contribution in [2.75, 3.05) is 25.5 Å². The van der Waals surface area contributed by atoms with Crippen LogP contribution in [0.4, 0.5) is 5.69 Å². The van der Waals surface area contributed by atoms with Crippen LogP contribution in [0.25, 0.3) is 0 Å². The van der Waals surface area contributed by atoms with Crippen molar-refractivity contribution in [3.8, 4) is 0 Å². The summed E-state index contributed by atoms with van der Waals surface area (Å²) in [5, 5.41) is 3.06. The Labute approximate surface area is 109 Å². The number of nitrogens with zero attached hydrogens (tertiary/aromatic N) is 1. The number of carbonyl (C=O) groups is 1. The maximum absolute atomic E-state index is 12.4. The Hall–Kier alpha value is -1.51. The van der Waals surface area contributed by atoms with E-state index in [2.05, 4.69) is 12.2 Å². The number of carbonyl (C=O) groups excluding carboxylic acids is 1. The van der Waals surface area contributed by atoms with Crippen molar-refractivity contribution in [3.63, 3.8) is 0 Å². The molecule has 1 aromatic carbocycles. The number of hydrogen-bond donors (Lipinski definition) is 1. The number of benzene rings is 1. The monoisotopic (exact) mass is 246 g/mol. The van der Waals surface area contributed by atoms with Gasteiger partial charge in [0.05, 0.1) is 0 Å². The Kier molecular flexibility index (Phi) is 4.24. The van der Waals surface area contributed by atoms with Crippen molar-refractivity contribution < 1.29 is 4.79 Å². The molecule has 0 saturated carbocycles. The van der Waals surface area contributed by atoms with E-state index >= 15 is 0 Å². The molecule has 3 nitrogen and oxygen atoms in total. The summed E-state index contributed by atoms with van der Waals surface area (Å²) in [6.45, 7) is 4.03. The standard InChI is InChI=1S/C15H22N2O/c1-3-12-5-4-10-17(11-12)15(18)13-6-8-14(16-2)9-7-13/h6-9,12,16H,3-5,10-11H2,1-2H3. The lowest BCUT2D eigenvalue weighted by atomic mass is 9.95. The SMILES string of the molecule is CCC1CCCN(C(=O)c2ccc(NC)cc2)C1. The van der Waals surface area contributed by atoms with E-state index in [1.165, 1.54) is 12.8 Å². The lowest BCUT2D eigenvalue weighted by Crippen LogP contribution is -2.39. The van der Waals surface area contributed by atoms with Gasteiger partial charge in [-0.1, -0.05) is 13.3 Å². The summed E-state index contributed by atoms with van der Waals surface area (Å²) in [6, 6.07) is 7.72. The molecule has 1 aromatic rings. The van der Waals surface area contributed by atoms with Gasteiger partial charge < -0.3 is 10.2 Å². The topological polar surface area (TPSA) is 32.3 Å². The highest BCUT2D eigenvalue weighted by molar-refractivity contribution is 5.94. The first-order chi connectivity index (χ1) is 8.74. The smallest absolute Gasteiger partial charge is 0.253 e. The van der Waals surface area contributed by atoms with Gasteiger partial charge in [0, 0.05) is 31.4 Å². The minimum absolute atomic E-state index is 0.177. The second-order valence-electron chi connectivity index (χ2n) is 5.00. The molecule has 0 bridgehead atoms. The molecule has 3 heteroatoms. The molecule has 98 valence electrons. The molecule has 1 aliphatic rings. The maximum Gasteiger partial charge on any atom is 0.253 e. The number of rotatable bonds is 3. The van der Waals surface area contributed by atoms with Crippen LogP contribution >= 0.6 is 0 Å². The predicted octanol–water partition coefficient (Wildman–Crippen LogP) is 2.99. The summed E-state index contributed by atoms with van der Waals surface area (Å²) in [6.07, 6.45) is 3.57. The van der Waals surface area contributed by atoms with E-state index in [1.54, 1.807) is 0 Å². The molecule has 0 spiro atoms. The fourth-order valence-corrected chi connectivity index (χ4v) is 2.54. The largest absolute Gasteiger partial charge is 0.388 e. The van der Waals surface area contributed by atoms with E-state index in [0.29, 0.717) is 5.92 Å². The lowest BCUT2D eigenvalue weighted by Gasteiger charge is -2.32. The number of nitrogens with one attached hydrogen (secondary N) is 1. The Morgan fingerprint density at radius 3 is 2.72 bits per heavy atom. The van der Waals surface area contributed by atoms with E-state index < -0.39 is 0 Å². The first-order valence-corrected chi connectivity index (χ1v) is 6.81. The summed E-state index contributed by atoms with van der Waals surface area (Å²) in [5.74, 6) is 0.857. The van der Waals surface area contributed by atoms with Crippen molar-refractivity contribution in [3.05, 3.63) is 29.8 Å². The van der Waals surface area contributed by atoms with Crippen LogP contribution in [-0.2, 0) is 0 Å². The zero-order valence-corrected chi connectivity index (χ0v) is 11.3. The average molecular weight is 246 g/mol. The number of hydrogen-bond acceptors (Lipinski definition) is 2. The molecule has 1 fully saturated rings. The average Bonchev–Trinajstić information content (AvgIpc) is 2.46. The van der Waals surface area contributed by atoms with Crippen LogP contribution in [0.1, 0.15) is 36.5 Å². The van der Waals surface area contributed by atoms with Gasteiger partial charge in [-0.2, -0.15) is 0 Å². The highest BCUT2D eigenvalue weighted by Gasteiger charge is 2.23. The molecule has 0 aromatic heterocycles. The molecular formula is C15H22N2O. The van der Waals surface area contributed by atoms with Crippen LogP contribution in [0, 0.1) is 5.92 Å². The number of piperidine rings is 1. The first-order valence-electron chi connectivity index (χ1n) is 6.81. The molecule has 1 amide bonds. The summed E-state index contributed by atoms with van der Waals surface area (Å²) in [7, 11) is 1.88. The fourth-order valence-electron chi connectivity index (χ4n) is 2.54. The molecule has 1 heterocycles. The number of amides is 1. The molecule has 1 atom stereocenters. The third kappa shape index (κ3) is 2.84. The molecule has 1 unspecified atom stereocenters. The highest BCUT2D eigenvalue weighted by atomic mass is 16.2. The fraction of sp³-hybridized carbons (Fsp3) is 0.533. The van der Waals surface area contributed by atoms with Gasteiger partial charge in [0.2, 0.25) is 0 Å². The molecule has 18 heavy (non-hydrogen) atoms. The Morgan fingerprint density at radius 1 is 1.39 bits per heavy atom. The predicted molar refractivity (Wildman–Crippen MR) is 74.9 cm³/mol. The lowest BCUT2D eigenvalue weighted by molar-refractivity contribution is 0.0671. The maximum atomic E-state index is 12.4. The third-order valence-corrected chi connectivity index (χ3v) is 3.80. The van der Waals surface area contributed by atoms with Crippen LogP contribution in [0.15, 0.2) is 24.3 Å². The normalized spacial score (nSPS) is 19.7. The van der Waals surface area contributed by atoms with E-state index in [9.17, 15) is 4.79 Å². The minimum Gasteiger partial charge on any atom is -0.388 e. The molecule has 1 aliphatic heterocycles. The Morgan fingerprint density at radius 2 is 2.11 bits per heavy atom. The molecule has 0 radical (unpaired) electrons. The van der Waals surface area contributed by atoms with Gasteiger partial charge in [-0.05, 0) is 43.0 Å². The van der Waals surface area contributed by atoms with Crippen LogP contribution in [0.3, 0.4) is 0 Å². The number of anilines is 1. The molecule has 1 N–H and O–H groups in total. The van der Waals surface area contributed by atoms with Gasteiger partial charge in [0.1, 0.15) is 0 Å². The van der Waals surface area contributed by atoms with Crippen molar-refractivity contribution in [2.24, 2.45) is 5.92 Å². The van der Waals surface area contributed by atoms with Crippen LogP contribution < -0.4 is 5.32 Å². The van der Waals surface area contributed by atoms with E-state index in [4.69, 9.17) is 0 Å². The van der Waals surface area contributed by atoms with Crippen LogP contribution in [0.5, 0.6) is 0 Å². The van der Waals surface area contributed by atoms with Gasteiger partial charge in [0.15, 0.2) is 0 Å². The van der Waals surface area contributed by atoms with E-state index in [1.807, 2.05) is 36.2 Å². The number of likely N-dealkylation sites (tertiary alicyclic amines) is 1. The van der Waals surface area contributed by atoms with Gasteiger partial charge in [0.25, 0.3) is 5.91 Å². The molecule has 2 rings (SSSR count). The van der Waals surface area contributed by atoms with Gasteiger partial charge >= 0.3 is 0 Å². The third-order valence-electron chi connectivity index (χ3n) is 3.80.